The highest BCUT2D eigenvalue weighted by Crippen LogP contribution is 2.35. The number of hydrogen-bond acceptors (Lipinski definition) is 6. The van der Waals surface area contributed by atoms with Gasteiger partial charge >= 0.3 is 0 Å². The quantitative estimate of drug-likeness (QED) is 0.601. The van der Waals surface area contributed by atoms with E-state index in [2.05, 4.69) is 10.6 Å². The fourth-order valence-electron chi connectivity index (χ4n) is 3.18. The lowest BCUT2D eigenvalue weighted by Crippen LogP contribution is -2.18. The van der Waals surface area contributed by atoms with Crippen molar-refractivity contribution in [2.45, 2.75) is 6.42 Å². The van der Waals surface area contributed by atoms with Crippen molar-refractivity contribution in [2.24, 2.45) is 0 Å². The summed E-state index contributed by atoms with van der Waals surface area (Å²) in [6.07, 6.45) is 1.05. The van der Waals surface area contributed by atoms with Crippen LogP contribution < -0.4 is 20.3 Å². The average Bonchev–Trinajstić information content (AvgIpc) is 2.74. The maximum absolute atomic E-state index is 12.2. The zero-order valence-corrected chi connectivity index (χ0v) is 16.9. The summed E-state index contributed by atoms with van der Waals surface area (Å²) < 4.78 is 5.22. The minimum Gasteiger partial charge on any atom is -0.497 e. The van der Waals surface area contributed by atoms with E-state index in [1.165, 1.54) is 0 Å². The highest BCUT2D eigenvalue weighted by Gasteiger charge is 2.18. The SMILES string of the molecule is CNC(=O)c1ccc2nc(N(C)C)c(CC=O)c(Nc3ccc(OC)cc3)c2c1. The molecule has 1 heterocycles. The monoisotopic (exact) mass is 392 g/mol. The second-order valence-corrected chi connectivity index (χ2v) is 6.72. The number of nitrogens with one attached hydrogen (secondary N) is 2. The number of hydrogen-bond donors (Lipinski definition) is 2. The van der Waals surface area contributed by atoms with E-state index >= 15 is 0 Å². The number of methoxy groups -OCH3 is 1. The van der Waals surface area contributed by atoms with E-state index in [1.54, 1.807) is 26.3 Å². The Balaban J connectivity index is 2.25. The lowest BCUT2D eigenvalue weighted by atomic mass is 10.0. The molecule has 2 aromatic carbocycles. The molecular weight excluding hydrogens is 368 g/mol. The van der Waals surface area contributed by atoms with Crippen LogP contribution in [0.3, 0.4) is 0 Å². The van der Waals surface area contributed by atoms with Crippen molar-refractivity contribution < 1.29 is 14.3 Å². The maximum Gasteiger partial charge on any atom is 0.251 e. The number of carbonyl (C=O) groups is 2. The van der Waals surface area contributed by atoms with Gasteiger partial charge in [-0.1, -0.05) is 0 Å². The van der Waals surface area contributed by atoms with Gasteiger partial charge in [0.2, 0.25) is 0 Å². The van der Waals surface area contributed by atoms with Crippen LogP contribution in [0.25, 0.3) is 10.9 Å². The average molecular weight is 392 g/mol. The standard InChI is InChI=1S/C22H24N4O3/c1-23-22(28)14-5-10-19-18(13-14)20(17(11-12-27)21(25-19)26(2)3)24-15-6-8-16(29-4)9-7-15/h5-10,12-13H,11H2,1-4H3,(H,23,28)(H,24,25). The molecule has 0 bridgehead atoms. The van der Waals surface area contributed by atoms with E-state index in [0.717, 1.165) is 39.9 Å². The molecule has 0 spiro atoms. The van der Waals surface area contributed by atoms with Crippen molar-refractivity contribution in [1.29, 1.82) is 0 Å². The van der Waals surface area contributed by atoms with Crippen LogP contribution in [0.1, 0.15) is 15.9 Å². The molecule has 0 fully saturated rings. The van der Waals surface area contributed by atoms with Crippen molar-refractivity contribution in [3.63, 3.8) is 0 Å². The Morgan fingerprint density at radius 3 is 2.48 bits per heavy atom. The van der Waals surface area contributed by atoms with Crippen molar-refractivity contribution in [3.8, 4) is 5.75 Å². The second kappa shape index (κ2) is 8.60. The predicted molar refractivity (Wildman–Crippen MR) is 116 cm³/mol. The number of anilines is 3. The zero-order chi connectivity index (χ0) is 21.0. The maximum atomic E-state index is 12.2. The van der Waals surface area contributed by atoms with Crippen LogP contribution in [0.4, 0.5) is 17.2 Å². The fraction of sp³-hybridized carbons (Fsp3) is 0.227. The predicted octanol–water partition coefficient (Wildman–Crippen LogP) is 3.15. The van der Waals surface area contributed by atoms with Crippen molar-refractivity contribution in [2.75, 3.05) is 38.5 Å². The number of ether oxygens (including phenoxy) is 1. The lowest BCUT2D eigenvalue weighted by molar-refractivity contribution is -0.107. The summed E-state index contributed by atoms with van der Waals surface area (Å²) >= 11 is 0. The largest absolute Gasteiger partial charge is 0.497 e. The number of benzene rings is 2. The summed E-state index contributed by atoms with van der Waals surface area (Å²) in [7, 11) is 6.98. The molecule has 0 aliphatic carbocycles. The Kier molecular flexibility index (Phi) is 5.97. The molecule has 2 N–H and O–H groups in total. The lowest BCUT2D eigenvalue weighted by Gasteiger charge is -2.22. The first-order chi connectivity index (χ1) is 14.0. The molecule has 0 saturated carbocycles. The molecule has 1 amide bonds. The normalized spacial score (nSPS) is 10.5. The molecule has 3 aromatic rings. The van der Waals surface area contributed by atoms with Gasteiger partial charge in [-0.05, 0) is 42.5 Å². The van der Waals surface area contributed by atoms with Gasteiger partial charge in [0.15, 0.2) is 0 Å². The minimum atomic E-state index is -0.184. The van der Waals surface area contributed by atoms with Crippen LogP contribution in [0.15, 0.2) is 42.5 Å². The topological polar surface area (TPSA) is 83.6 Å². The molecule has 0 saturated heterocycles. The molecule has 1 aromatic heterocycles. The first-order valence-corrected chi connectivity index (χ1v) is 9.19. The number of rotatable bonds is 7. The van der Waals surface area contributed by atoms with Crippen LogP contribution in [-0.4, -0.2) is 45.4 Å². The molecule has 7 nitrogen and oxygen atoms in total. The molecular formula is C22H24N4O3. The highest BCUT2D eigenvalue weighted by atomic mass is 16.5. The van der Waals surface area contributed by atoms with Gasteiger partial charge in [-0.15, -0.1) is 0 Å². The van der Waals surface area contributed by atoms with Gasteiger partial charge in [-0.25, -0.2) is 4.98 Å². The zero-order valence-electron chi connectivity index (χ0n) is 16.9. The highest BCUT2D eigenvalue weighted by molar-refractivity contribution is 6.03. The van der Waals surface area contributed by atoms with Gasteiger partial charge < -0.3 is 25.1 Å². The minimum absolute atomic E-state index is 0.184. The molecule has 7 heteroatoms. The molecule has 3 rings (SSSR count). The number of pyridine rings is 1. The summed E-state index contributed by atoms with van der Waals surface area (Å²) in [6, 6.07) is 12.9. The summed E-state index contributed by atoms with van der Waals surface area (Å²) in [4.78, 5) is 30.2. The van der Waals surface area contributed by atoms with Crippen LogP contribution in [0.5, 0.6) is 5.75 Å². The first kappa shape index (κ1) is 20.1. The van der Waals surface area contributed by atoms with E-state index in [-0.39, 0.29) is 12.3 Å². The van der Waals surface area contributed by atoms with E-state index in [4.69, 9.17) is 9.72 Å². The molecule has 0 aliphatic heterocycles. The van der Waals surface area contributed by atoms with E-state index < -0.39 is 0 Å². The third-order valence-corrected chi connectivity index (χ3v) is 4.62. The van der Waals surface area contributed by atoms with E-state index in [9.17, 15) is 9.59 Å². The Hall–Kier alpha value is -3.61. The molecule has 0 atom stereocenters. The number of amides is 1. The van der Waals surface area contributed by atoms with Crippen LogP contribution >= 0.6 is 0 Å². The molecule has 0 radical (unpaired) electrons. The number of nitrogens with zero attached hydrogens (tertiary/aromatic N) is 2. The summed E-state index contributed by atoms with van der Waals surface area (Å²) in [5.74, 6) is 1.27. The van der Waals surface area contributed by atoms with Crippen molar-refractivity contribution in [3.05, 3.63) is 53.6 Å². The smallest absolute Gasteiger partial charge is 0.251 e. The fourth-order valence-corrected chi connectivity index (χ4v) is 3.18. The number of aldehydes is 1. The first-order valence-electron chi connectivity index (χ1n) is 9.19. The Bertz CT molecular complexity index is 1050. The molecule has 0 aliphatic rings. The third-order valence-electron chi connectivity index (χ3n) is 4.62. The van der Waals surface area contributed by atoms with Gasteiger partial charge in [0, 0.05) is 49.8 Å². The summed E-state index contributed by atoms with van der Waals surface area (Å²) in [6.45, 7) is 0. The second-order valence-electron chi connectivity index (χ2n) is 6.72. The molecule has 0 unspecified atom stereocenters. The summed E-state index contributed by atoms with van der Waals surface area (Å²) in [5.41, 5.74) is 3.60. The summed E-state index contributed by atoms with van der Waals surface area (Å²) in [5, 5.41) is 6.83. The van der Waals surface area contributed by atoms with Gasteiger partial charge in [-0.2, -0.15) is 0 Å². The Morgan fingerprint density at radius 1 is 1.17 bits per heavy atom. The molecule has 150 valence electrons. The number of fused-ring (bicyclic) bond motifs is 1. The van der Waals surface area contributed by atoms with Crippen molar-refractivity contribution in [1.82, 2.24) is 10.3 Å². The van der Waals surface area contributed by atoms with Crippen LogP contribution in [0.2, 0.25) is 0 Å². The Morgan fingerprint density at radius 2 is 1.90 bits per heavy atom. The van der Waals surface area contributed by atoms with Crippen LogP contribution in [0, 0.1) is 0 Å². The van der Waals surface area contributed by atoms with E-state index in [0.29, 0.717) is 11.4 Å². The molecule has 29 heavy (non-hydrogen) atoms. The Labute approximate surface area is 169 Å². The van der Waals surface area contributed by atoms with Gasteiger partial charge in [-0.3, -0.25) is 4.79 Å². The van der Waals surface area contributed by atoms with Crippen molar-refractivity contribution >= 4 is 40.3 Å². The number of carbonyl (C=O) groups excluding carboxylic acids is 2. The third kappa shape index (κ3) is 4.13. The van der Waals surface area contributed by atoms with Gasteiger partial charge in [0.1, 0.15) is 17.9 Å². The van der Waals surface area contributed by atoms with Gasteiger partial charge in [0.05, 0.1) is 18.3 Å². The van der Waals surface area contributed by atoms with Crippen LogP contribution in [-0.2, 0) is 11.2 Å². The van der Waals surface area contributed by atoms with E-state index in [1.807, 2.05) is 49.3 Å². The van der Waals surface area contributed by atoms with Gasteiger partial charge in [0.25, 0.3) is 5.91 Å². The number of aromatic nitrogens is 1.